The third-order valence-electron chi connectivity index (χ3n) is 6.70. The predicted molar refractivity (Wildman–Crippen MR) is 122 cm³/mol. The number of hydrogen-bond acceptors (Lipinski definition) is 4. The number of piperidine rings is 2. The second-order valence-corrected chi connectivity index (χ2v) is 8.79. The Balaban J connectivity index is 1.31. The monoisotopic (exact) mass is 452 g/mol. The van der Waals surface area contributed by atoms with Gasteiger partial charge in [-0.1, -0.05) is 0 Å². The van der Waals surface area contributed by atoms with Crippen molar-refractivity contribution in [1.29, 1.82) is 0 Å². The number of ketones is 1. The maximum atomic E-state index is 13.2. The molecular weight excluding hydrogens is 423 g/mol. The highest BCUT2D eigenvalue weighted by Gasteiger charge is 2.34. The number of ether oxygens (including phenoxy) is 1. The van der Waals surface area contributed by atoms with Crippen LogP contribution in [0.3, 0.4) is 0 Å². The number of nitrogens with zero attached hydrogens (tertiary/aromatic N) is 2. The van der Waals surface area contributed by atoms with E-state index >= 15 is 0 Å². The fraction of sp³-hybridized carbons (Fsp3) is 0.423. The molecule has 2 aromatic carbocycles. The van der Waals surface area contributed by atoms with E-state index in [4.69, 9.17) is 4.74 Å². The molecule has 7 heteroatoms. The van der Waals surface area contributed by atoms with E-state index in [0.717, 1.165) is 12.8 Å². The molecule has 174 valence electrons. The summed E-state index contributed by atoms with van der Waals surface area (Å²) in [4.78, 5) is 42.3. The summed E-state index contributed by atoms with van der Waals surface area (Å²) in [5.41, 5.74) is 1.10. The van der Waals surface area contributed by atoms with Gasteiger partial charge in [-0.2, -0.15) is 0 Å². The molecule has 2 aliphatic heterocycles. The molecule has 2 amide bonds. The molecule has 2 heterocycles. The van der Waals surface area contributed by atoms with Gasteiger partial charge in [0.05, 0.1) is 13.0 Å². The second kappa shape index (κ2) is 10.1. The van der Waals surface area contributed by atoms with Crippen molar-refractivity contribution in [1.82, 2.24) is 9.80 Å². The zero-order valence-corrected chi connectivity index (χ0v) is 18.8. The van der Waals surface area contributed by atoms with E-state index in [1.807, 2.05) is 4.90 Å². The lowest BCUT2D eigenvalue weighted by Crippen LogP contribution is -2.49. The molecule has 2 fully saturated rings. The summed E-state index contributed by atoms with van der Waals surface area (Å²) in [5, 5.41) is 0. The lowest BCUT2D eigenvalue weighted by molar-refractivity contribution is -0.138. The lowest BCUT2D eigenvalue weighted by atomic mass is 9.87. The molecule has 0 bridgehead atoms. The van der Waals surface area contributed by atoms with E-state index in [2.05, 4.69) is 0 Å². The van der Waals surface area contributed by atoms with Crippen molar-refractivity contribution in [2.24, 2.45) is 11.8 Å². The molecule has 0 aliphatic carbocycles. The van der Waals surface area contributed by atoms with Crippen LogP contribution in [0.2, 0.25) is 0 Å². The van der Waals surface area contributed by atoms with E-state index in [1.165, 1.54) is 24.3 Å². The Labute approximate surface area is 193 Å². The molecule has 33 heavy (non-hydrogen) atoms. The third-order valence-corrected chi connectivity index (χ3v) is 6.70. The molecular formula is C26H29FN2O4. The maximum absolute atomic E-state index is 13.2. The molecule has 0 radical (unpaired) electrons. The van der Waals surface area contributed by atoms with Crippen molar-refractivity contribution < 1.29 is 23.5 Å². The quantitative estimate of drug-likeness (QED) is 0.647. The normalized spacial score (nSPS) is 19.3. The third kappa shape index (κ3) is 5.24. The minimum Gasteiger partial charge on any atom is -0.497 e. The van der Waals surface area contributed by atoms with Crippen molar-refractivity contribution >= 4 is 17.6 Å². The molecule has 2 aromatic rings. The van der Waals surface area contributed by atoms with Crippen molar-refractivity contribution in [3.8, 4) is 5.75 Å². The van der Waals surface area contributed by atoms with Crippen molar-refractivity contribution in [2.45, 2.75) is 25.7 Å². The minimum absolute atomic E-state index is 0.0574. The van der Waals surface area contributed by atoms with Crippen molar-refractivity contribution in [2.75, 3.05) is 33.3 Å². The number of amides is 2. The Morgan fingerprint density at radius 1 is 0.818 bits per heavy atom. The highest BCUT2D eigenvalue weighted by atomic mass is 19.1. The van der Waals surface area contributed by atoms with Crippen molar-refractivity contribution in [3.63, 3.8) is 0 Å². The van der Waals surface area contributed by atoms with Crippen LogP contribution in [0.25, 0.3) is 0 Å². The summed E-state index contributed by atoms with van der Waals surface area (Å²) in [6.45, 7) is 2.07. The van der Waals surface area contributed by atoms with Gasteiger partial charge in [-0.3, -0.25) is 14.4 Å². The number of halogens is 1. The molecule has 1 atom stereocenters. The summed E-state index contributed by atoms with van der Waals surface area (Å²) < 4.78 is 18.3. The zero-order chi connectivity index (χ0) is 23.4. The molecule has 2 saturated heterocycles. The molecule has 0 N–H and O–H groups in total. The van der Waals surface area contributed by atoms with Gasteiger partial charge in [0.25, 0.3) is 5.91 Å². The summed E-state index contributed by atoms with van der Waals surface area (Å²) in [6, 6.07) is 12.7. The van der Waals surface area contributed by atoms with Gasteiger partial charge in [0.2, 0.25) is 5.91 Å². The van der Waals surface area contributed by atoms with E-state index in [0.29, 0.717) is 55.9 Å². The smallest absolute Gasteiger partial charge is 0.253 e. The number of carbonyl (C=O) groups excluding carboxylic acids is 3. The number of Topliss-reactive ketones (excluding diaryl/α,β-unsaturated/α-hetero) is 1. The molecule has 0 unspecified atom stereocenters. The van der Waals surface area contributed by atoms with E-state index in [-0.39, 0.29) is 35.3 Å². The number of hydrogen-bond donors (Lipinski definition) is 0. The van der Waals surface area contributed by atoms with Crippen LogP contribution >= 0.6 is 0 Å². The number of carbonyl (C=O) groups is 3. The first-order valence-electron chi connectivity index (χ1n) is 11.5. The topological polar surface area (TPSA) is 66.9 Å². The van der Waals surface area contributed by atoms with Gasteiger partial charge in [-0.15, -0.1) is 0 Å². The van der Waals surface area contributed by atoms with Crippen LogP contribution in [-0.4, -0.2) is 60.7 Å². The van der Waals surface area contributed by atoms with Crippen LogP contribution in [0.1, 0.15) is 46.4 Å². The summed E-state index contributed by atoms with van der Waals surface area (Å²) >= 11 is 0. The molecule has 0 aromatic heterocycles. The summed E-state index contributed by atoms with van der Waals surface area (Å²) in [5.74, 6) is -0.00222. The van der Waals surface area contributed by atoms with Gasteiger partial charge in [0.1, 0.15) is 11.6 Å². The van der Waals surface area contributed by atoms with Gasteiger partial charge in [-0.05, 0) is 74.2 Å². The Bertz CT molecular complexity index is 998. The highest BCUT2D eigenvalue weighted by Crippen LogP contribution is 2.26. The van der Waals surface area contributed by atoms with E-state index < -0.39 is 0 Å². The first-order valence-corrected chi connectivity index (χ1v) is 11.5. The minimum atomic E-state index is -0.382. The van der Waals surface area contributed by atoms with Gasteiger partial charge < -0.3 is 14.5 Å². The zero-order valence-electron chi connectivity index (χ0n) is 18.8. The first-order chi connectivity index (χ1) is 16.0. The summed E-state index contributed by atoms with van der Waals surface area (Å²) in [7, 11) is 1.59. The largest absolute Gasteiger partial charge is 0.497 e. The van der Waals surface area contributed by atoms with Gasteiger partial charge >= 0.3 is 0 Å². The average molecular weight is 453 g/mol. The van der Waals surface area contributed by atoms with E-state index in [1.54, 1.807) is 36.3 Å². The number of rotatable bonds is 5. The Kier molecular flexibility index (Phi) is 7.06. The van der Waals surface area contributed by atoms with Crippen LogP contribution in [0, 0.1) is 17.7 Å². The van der Waals surface area contributed by atoms with Crippen LogP contribution < -0.4 is 4.74 Å². The summed E-state index contributed by atoms with van der Waals surface area (Å²) in [6.07, 6.45) is 2.79. The first kappa shape index (κ1) is 23.0. The maximum Gasteiger partial charge on any atom is 0.253 e. The van der Waals surface area contributed by atoms with Gasteiger partial charge in [-0.25, -0.2) is 4.39 Å². The fourth-order valence-electron chi connectivity index (χ4n) is 4.75. The molecule has 4 rings (SSSR count). The Hall–Kier alpha value is -3.22. The molecule has 0 saturated carbocycles. The molecule has 6 nitrogen and oxygen atoms in total. The Morgan fingerprint density at radius 2 is 1.45 bits per heavy atom. The average Bonchev–Trinajstić information content (AvgIpc) is 2.88. The van der Waals surface area contributed by atoms with Crippen LogP contribution in [-0.2, 0) is 4.79 Å². The molecule has 0 spiro atoms. The lowest BCUT2D eigenvalue weighted by Gasteiger charge is -2.37. The van der Waals surface area contributed by atoms with Gasteiger partial charge in [0, 0.05) is 43.2 Å². The van der Waals surface area contributed by atoms with Crippen molar-refractivity contribution in [3.05, 3.63) is 65.5 Å². The number of methoxy groups -OCH3 is 1. The molecule has 2 aliphatic rings. The second-order valence-electron chi connectivity index (χ2n) is 8.79. The number of likely N-dealkylation sites (tertiary alicyclic amines) is 2. The van der Waals surface area contributed by atoms with Crippen LogP contribution in [0.4, 0.5) is 4.39 Å². The SMILES string of the molecule is COc1ccc(C(=O)C2CCN(C(=O)[C@H]3CCCN(C(=O)c4ccc(F)cc4)C3)CC2)cc1. The fourth-order valence-corrected chi connectivity index (χ4v) is 4.75. The van der Waals surface area contributed by atoms with Crippen LogP contribution in [0.5, 0.6) is 5.75 Å². The standard InChI is InChI=1S/C26H29FN2O4/c1-33-23-10-6-18(7-11-23)24(30)19-12-15-28(16-13-19)26(32)21-3-2-14-29(17-21)25(31)20-4-8-22(27)9-5-20/h4-11,19,21H,2-3,12-17H2,1H3/t21-/m0/s1. The van der Waals surface area contributed by atoms with E-state index in [9.17, 15) is 18.8 Å². The Morgan fingerprint density at radius 3 is 2.09 bits per heavy atom. The highest BCUT2D eigenvalue weighted by molar-refractivity contribution is 5.98. The van der Waals surface area contributed by atoms with Gasteiger partial charge in [0.15, 0.2) is 5.78 Å². The predicted octanol–water partition coefficient (Wildman–Crippen LogP) is 3.81. The number of benzene rings is 2. The van der Waals surface area contributed by atoms with Crippen LogP contribution in [0.15, 0.2) is 48.5 Å².